The van der Waals surface area contributed by atoms with E-state index >= 15 is 0 Å². The Bertz CT molecular complexity index is 311. The first kappa shape index (κ1) is 7.34. The number of rotatable bonds is 1. The smallest absolute Gasteiger partial charge is 0.149 e. The van der Waals surface area contributed by atoms with Crippen LogP contribution >= 0.6 is 0 Å². The minimum absolute atomic E-state index is 0.491. The first-order chi connectivity index (χ1) is 5.79. The monoisotopic (exact) mass is 164 g/mol. The van der Waals surface area contributed by atoms with Crippen molar-refractivity contribution in [2.45, 2.75) is 26.3 Å². The molecule has 0 radical (unpaired) electrons. The number of nitrogens with zero attached hydrogens (tertiary/aromatic N) is 3. The Morgan fingerprint density at radius 1 is 1.58 bits per heavy atom. The minimum atomic E-state index is 0.491. The molecule has 0 unspecified atom stereocenters. The summed E-state index contributed by atoms with van der Waals surface area (Å²) in [5.74, 6) is 1.48. The summed E-state index contributed by atoms with van der Waals surface area (Å²) >= 11 is 0. The Hall–Kier alpha value is -1.32. The highest BCUT2D eigenvalue weighted by Crippen LogP contribution is 2.15. The maximum atomic E-state index is 4.26. The molecule has 4 heteroatoms. The Morgan fingerprint density at radius 2 is 2.42 bits per heavy atom. The summed E-state index contributed by atoms with van der Waals surface area (Å²) in [6.45, 7) is 4.98. The van der Waals surface area contributed by atoms with E-state index in [0.29, 0.717) is 12.5 Å². The molecule has 0 aromatic carbocycles. The number of aliphatic imine (C=N–C) groups is 1. The molecule has 4 nitrogen and oxygen atoms in total. The van der Waals surface area contributed by atoms with Crippen LogP contribution in [0.5, 0.6) is 0 Å². The first-order valence-electron chi connectivity index (χ1n) is 4.10. The average molecular weight is 164 g/mol. The van der Waals surface area contributed by atoms with E-state index in [9.17, 15) is 0 Å². The van der Waals surface area contributed by atoms with E-state index in [4.69, 9.17) is 0 Å². The highest BCUT2D eigenvalue weighted by Gasteiger charge is 2.13. The summed E-state index contributed by atoms with van der Waals surface area (Å²) in [5, 5.41) is 0. The lowest BCUT2D eigenvalue weighted by molar-refractivity contribution is 0.718. The van der Waals surface area contributed by atoms with Gasteiger partial charge in [0, 0.05) is 0 Å². The van der Waals surface area contributed by atoms with Gasteiger partial charge in [-0.1, -0.05) is 13.8 Å². The topological polar surface area (TPSA) is 42.2 Å². The van der Waals surface area contributed by atoms with Crippen molar-refractivity contribution in [1.82, 2.24) is 9.66 Å². The molecule has 12 heavy (non-hydrogen) atoms. The summed E-state index contributed by atoms with van der Waals surface area (Å²) in [5.41, 5.74) is 4.26. The SMILES string of the molecule is CC(C)c1cnc2n1NC=NC2. The molecule has 0 atom stereocenters. The Kier molecular flexibility index (Phi) is 1.60. The number of hydrogen-bond acceptors (Lipinski definition) is 3. The molecular formula is C8H12N4. The molecule has 64 valence electrons. The van der Waals surface area contributed by atoms with Crippen LogP contribution in [0, 0.1) is 0 Å². The molecule has 1 aliphatic rings. The van der Waals surface area contributed by atoms with Gasteiger partial charge in [-0.05, 0) is 5.92 Å². The second-order valence-electron chi connectivity index (χ2n) is 3.19. The van der Waals surface area contributed by atoms with Gasteiger partial charge in [0.15, 0.2) is 0 Å². The summed E-state index contributed by atoms with van der Waals surface area (Å²) in [4.78, 5) is 8.34. The van der Waals surface area contributed by atoms with E-state index in [2.05, 4.69) is 29.2 Å². The Balaban J connectivity index is 2.41. The van der Waals surface area contributed by atoms with Crippen molar-refractivity contribution in [3.8, 4) is 0 Å². The summed E-state index contributed by atoms with van der Waals surface area (Å²) in [6, 6.07) is 0. The molecule has 1 aliphatic heterocycles. The number of aromatic nitrogens is 2. The summed E-state index contributed by atoms with van der Waals surface area (Å²) < 4.78 is 2.00. The van der Waals surface area contributed by atoms with Crippen LogP contribution in [0.3, 0.4) is 0 Å². The molecule has 0 spiro atoms. The van der Waals surface area contributed by atoms with Crippen LogP contribution in [0.15, 0.2) is 11.2 Å². The maximum absolute atomic E-state index is 4.26. The van der Waals surface area contributed by atoms with Crippen molar-refractivity contribution in [1.29, 1.82) is 0 Å². The van der Waals surface area contributed by atoms with Crippen LogP contribution in [0.25, 0.3) is 0 Å². The predicted octanol–water partition coefficient (Wildman–Crippen LogP) is 1.09. The molecular weight excluding hydrogens is 152 g/mol. The van der Waals surface area contributed by atoms with Gasteiger partial charge in [0.05, 0.1) is 11.9 Å². The number of fused-ring (bicyclic) bond motifs is 1. The molecule has 0 aliphatic carbocycles. The fourth-order valence-electron chi connectivity index (χ4n) is 1.30. The van der Waals surface area contributed by atoms with Crippen LogP contribution < -0.4 is 5.43 Å². The fourth-order valence-corrected chi connectivity index (χ4v) is 1.30. The third-order valence-electron chi connectivity index (χ3n) is 1.96. The van der Waals surface area contributed by atoms with Crippen molar-refractivity contribution < 1.29 is 0 Å². The molecule has 0 saturated heterocycles. The molecule has 0 amide bonds. The van der Waals surface area contributed by atoms with Crippen LogP contribution in [0.2, 0.25) is 0 Å². The van der Waals surface area contributed by atoms with E-state index < -0.39 is 0 Å². The molecule has 0 saturated carbocycles. The highest BCUT2D eigenvalue weighted by atomic mass is 15.5. The van der Waals surface area contributed by atoms with Gasteiger partial charge in [-0.2, -0.15) is 0 Å². The summed E-state index contributed by atoms with van der Waals surface area (Å²) in [6.07, 6.45) is 3.61. The van der Waals surface area contributed by atoms with Gasteiger partial charge < -0.3 is 0 Å². The van der Waals surface area contributed by atoms with Crippen molar-refractivity contribution >= 4 is 6.34 Å². The predicted molar refractivity (Wildman–Crippen MR) is 47.9 cm³/mol. The lowest BCUT2D eigenvalue weighted by Crippen LogP contribution is -2.22. The van der Waals surface area contributed by atoms with E-state index in [1.807, 2.05) is 10.9 Å². The second kappa shape index (κ2) is 2.62. The number of hydrogen-bond donors (Lipinski definition) is 1. The fraction of sp³-hybridized carbons (Fsp3) is 0.500. The minimum Gasteiger partial charge on any atom is -0.283 e. The lowest BCUT2D eigenvalue weighted by Gasteiger charge is -2.14. The normalized spacial score (nSPS) is 14.6. The molecule has 2 rings (SSSR count). The van der Waals surface area contributed by atoms with Gasteiger partial charge >= 0.3 is 0 Å². The van der Waals surface area contributed by atoms with Crippen molar-refractivity contribution in [2.75, 3.05) is 5.43 Å². The van der Waals surface area contributed by atoms with Crippen molar-refractivity contribution in [2.24, 2.45) is 4.99 Å². The van der Waals surface area contributed by atoms with Gasteiger partial charge in [0.1, 0.15) is 18.7 Å². The summed E-state index contributed by atoms with van der Waals surface area (Å²) in [7, 11) is 0. The quantitative estimate of drug-likeness (QED) is 0.675. The third kappa shape index (κ3) is 0.995. The second-order valence-corrected chi connectivity index (χ2v) is 3.19. The van der Waals surface area contributed by atoms with Gasteiger partial charge in [-0.25, -0.2) is 9.66 Å². The molecule has 1 aromatic rings. The number of imidazole rings is 1. The molecule has 1 aromatic heterocycles. The molecule has 0 bridgehead atoms. The zero-order valence-corrected chi connectivity index (χ0v) is 7.28. The van der Waals surface area contributed by atoms with Crippen LogP contribution in [0.4, 0.5) is 0 Å². The van der Waals surface area contributed by atoms with Crippen molar-refractivity contribution in [3.63, 3.8) is 0 Å². The zero-order chi connectivity index (χ0) is 8.55. The van der Waals surface area contributed by atoms with E-state index in [1.165, 1.54) is 5.69 Å². The largest absolute Gasteiger partial charge is 0.283 e. The Labute approximate surface area is 71.3 Å². The zero-order valence-electron chi connectivity index (χ0n) is 7.28. The van der Waals surface area contributed by atoms with Crippen molar-refractivity contribution in [3.05, 3.63) is 17.7 Å². The van der Waals surface area contributed by atoms with Gasteiger partial charge in [-0.3, -0.25) is 10.4 Å². The van der Waals surface area contributed by atoms with E-state index in [-0.39, 0.29) is 0 Å². The van der Waals surface area contributed by atoms with Gasteiger partial charge in [0.25, 0.3) is 0 Å². The van der Waals surface area contributed by atoms with Crippen LogP contribution in [0.1, 0.15) is 31.3 Å². The first-order valence-corrected chi connectivity index (χ1v) is 4.10. The van der Waals surface area contributed by atoms with Crippen LogP contribution in [-0.2, 0) is 6.54 Å². The standard InChI is InChI=1S/C8H12N4/c1-6(2)7-3-10-8-4-9-5-11-12(7)8/h3,5-6H,4H2,1-2H3,(H,9,11). The van der Waals surface area contributed by atoms with Gasteiger partial charge in [-0.15, -0.1) is 0 Å². The van der Waals surface area contributed by atoms with Crippen LogP contribution in [-0.4, -0.2) is 16.0 Å². The van der Waals surface area contributed by atoms with E-state index in [1.54, 1.807) is 6.34 Å². The molecule has 1 N–H and O–H groups in total. The third-order valence-corrected chi connectivity index (χ3v) is 1.96. The van der Waals surface area contributed by atoms with E-state index in [0.717, 1.165) is 5.82 Å². The molecule has 2 heterocycles. The van der Waals surface area contributed by atoms with Gasteiger partial charge in [0.2, 0.25) is 0 Å². The maximum Gasteiger partial charge on any atom is 0.149 e. The lowest BCUT2D eigenvalue weighted by atomic mass is 10.1. The Morgan fingerprint density at radius 3 is 3.17 bits per heavy atom. The average Bonchev–Trinajstić information content (AvgIpc) is 2.47. The number of nitrogens with one attached hydrogen (secondary N) is 1. The highest BCUT2D eigenvalue weighted by molar-refractivity contribution is 5.65. The molecule has 0 fully saturated rings.